The molecule has 0 aromatic rings. The van der Waals surface area contributed by atoms with Gasteiger partial charge < -0.3 is 15.1 Å². The number of carboxylic acid groups (broad SMARTS) is 1. The molecule has 0 radical (unpaired) electrons. The van der Waals surface area contributed by atoms with E-state index in [0.717, 1.165) is 13.0 Å². The molecule has 0 amide bonds. The minimum atomic E-state index is -0.772. The average Bonchev–Trinajstić information content (AvgIpc) is 2.31. The van der Waals surface area contributed by atoms with Gasteiger partial charge in [-0.25, -0.2) is 0 Å². The zero-order chi connectivity index (χ0) is 8.27. The van der Waals surface area contributed by atoms with E-state index in [-0.39, 0.29) is 12.5 Å². The number of aliphatic carboxylic acids is 1. The lowest BCUT2D eigenvalue weighted by atomic mass is 10.3. The van der Waals surface area contributed by atoms with E-state index in [1.54, 1.807) is 0 Å². The Hall–Kier alpha value is -0.610. The third kappa shape index (κ3) is 2.86. The molecule has 1 aliphatic heterocycles. The Kier molecular flexibility index (Phi) is 2.84. The highest BCUT2D eigenvalue weighted by atomic mass is 16.4. The number of β-amino-alcohol motifs (C(OH)–C–C–N with tert-alkyl or cyclic N) is 1. The Balaban J connectivity index is 2.13. The number of nitrogens with zero attached hydrogens (tertiary/aromatic N) is 1. The van der Waals surface area contributed by atoms with E-state index in [1.165, 1.54) is 0 Å². The summed E-state index contributed by atoms with van der Waals surface area (Å²) in [5, 5.41) is 17.4. The molecule has 1 saturated heterocycles. The summed E-state index contributed by atoms with van der Waals surface area (Å²) >= 11 is 0. The molecule has 1 rings (SSSR count). The van der Waals surface area contributed by atoms with Gasteiger partial charge in [-0.15, -0.1) is 0 Å². The Morgan fingerprint density at radius 1 is 1.64 bits per heavy atom. The highest BCUT2D eigenvalue weighted by molar-refractivity contribution is 5.66. The smallest absolute Gasteiger partial charge is 0.304 e. The van der Waals surface area contributed by atoms with Crippen molar-refractivity contribution in [1.82, 2.24) is 4.90 Å². The van der Waals surface area contributed by atoms with Crippen molar-refractivity contribution in [1.29, 1.82) is 0 Å². The van der Waals surface area contributed by atoms with Crippen LogP contribution in [-0.4, -0.2) is 46.8 Å². The average molecular weight is 159 g/mol. The van der Waals surface area contributed by atoms with Crippen molar-refractivity contribution in [2.75, 3.05) is 19.6 Å². The first-order valence-electron chi connectivity index (χ1n) is 3.80. The minimum Gasteiger partial charge on any atom is -0.481 e. The van der Waals surface area contributed by atoms with Crippen molar-refractivity contribution in [3.8, 4) is 0 Å². The zero-order valence-corrected chi connectivity index (χ0v) is 6.36. The van der Waals surface area contributed by atoms with E-state index in [2.05, 4.69) is 0 Å². The number of likely N-dealkylation sites (tertiary alicyclic amines) is 1. The fourth-order valence-electron chi connectivity index (χ4n) is 1.27. The number of hydrogen-bond donors (Lipinski definition) is 2. The molecule has 1 fully saturated rings. The van der Waals surface area contributed by atoms with Crippen LogP contribution in [0.4, 0.5) is 0 Å². The van der Waals surface area contributed by atoms with Gasteiger partial charge in [0, 0.05) is 19.6 Å². The van der Waals surface area contributed by atoms with Gasteiger partial charge in [-0.3, -0.25) is 4.79 Å². The van der Waals surface area contributed by atoms with E-state index in [9.17, 15) is 4.79 Å². The molecule has 4 nitrogen and oxygen atoms in total. The van der Waals surface area contributed by atoms with E-state index in [1.807, 2.05) is 4.90 Å². The predicted octanol–water partition coefficient (Wildman–Crippen LogP) is -0.472. The fraction of sp³-hybridized carbons (Fsp3) is 0.857. The molecular formula is C7H13NO3. The summed E-state index contributed by atoms with van der Waals surface area (Å²) in [6.07, 6.45) is 0.704. The molecule has 1 heterocycles. The van der Waals surface area contributed by atoms with Gasteiger partial charge in [0.15, 0.2) is 0 Å². The molecule has 0 spiro atoms. The van der Waals surface area contributed by atoms with Crippen LogP contribution in [0, 0.1) is 0 Å². The van der Waals surface area contributed by atoms with Crippen LogP contribution >= 0.6 is 0 Å². The van der Waals surface area contributed by atoms with Crippen LogP contribution in [-0.2, 0) is 4.79 Å². The summed E-state index contributed by atoms with van der Waals surface area (Å²) < 4.78 is 0. The lowest BCUT2D eigenvalue weighted by molar-refractivity contribution is -0.137. The zero-order valence-electron chi connectivity index (χ0n) is 6.36. The molecule has 0 bridgehead atoms. The summed E-state index contributed by atoms with van der Waals surface area (Å²) in [5.74, 6) is -0.772. The second kappa shape index (κ2) is 3.69. The Morgan fingerprint density at radius 3 is 2.82 bits per heavy atom. The van der Waals surface area contributed by atoms with Crippen LogP contribution in [0.15, 0.2) is 0 Å². The van der Waals surface area contributed by atoms with Gasteiger partial charge in [0.05, 0.1) is 12.5 Å². The van der Waals surface area contributed by atoms with E-state index < -0.39 is 5.97 Å². The van der Waals surface area contributed by atoms with Crippen LogP contribution < -0.4 is 0 Å². The van der Waals surface area contributed by atoms with Crippen molar-refractivity contribution in [3.05, 3.63) is 0 Å². The third-order valence-electron chi connectivity index (χ3n) is 1.89. The number of rotatable bonds is 3. The van der Waals surface area contributed by atoms with Crippen LogP contribution in [0.3, 0.4) is 0 Å². The van der Waals surface area contributed by atoms with Crippen LogP contribution in [0.5, 0.6) is 0 Å². The largest absolute Gasteiger partial charge is 0.481 e. The molecule has 0 aromatic carbocycles. The molecule has 0 aliphatic carbocycles. The van der Waals surface area contributed by atoms with Gasteiger partial charge in [-0.2, -0.15) is 0 Å². The van der Waals surface area contributed by atoms with Crippen molar-refractivity contribution in [2.45, 2.75) is 18.9 Å². The van der Waals surface area contributed by atoms with E-state index >= 15 is 0 Å². The van der Waals surface area contributed by atoms with Crippen LogP contribution in [0.25, 0.3) is 0 Å². The number of carboxylic acids is 1. The molecule has 2 N–H and O–H groups in total. The molecular weight excluding hydrogens is 146 g/mol. The maximum atomic E-state index is 10.1. The Morgan fingerprint density at radius 2 is 2.36 bits per heavy atom. The summed E-state index contributed by atoms with van der Waals surface area (Å²) in [7, 11) is 0. The standard InChI is InChI=1S/C7H13NO3/c9-6-1-3-8(5-6)4-2-7(10)11/h6,9H,1-5H2,(H,10,11)/t6-/m0/s1. The van der Waals surface area contributed by atoms with Gasteiger partial charge in [0.1, 0.15) is 0 Å². The lowest BCUT2D eigenvalue weighted by Gasteiger charge is -2.12. The second-order valence-corrected chi connectivity index (χ2v) is 2.89. The third-order valence-corrected chi connectivity index (χ3v) is 1.89. The molecule has 4 heteroatoms. The quantitative estimate of drug-likeness (QED) is 0.584. The lowest BCUT2D eigenvalue weighted by Crippen LogP contribution is -2.24. The maximum Gasteiger partial charge on any atom is 0.304 e. The van der Waals surface area contributed by atoms with Crippen LogP contribution in [0.2, 0.25) is 0 Å². The second-order valence-electron chi connectivity index (χ2n) is 2.89. The van der Waals surface area contributed by atoms with Crippen molar-refractivity contribution < 1.29 is 15.0 Å². The first-order valence-corrected chi connectivity index (χ1v) is 3.80. The molecule has 11 heavy (non-hydrogen) atoms. The highest BCUT2D eigenvalue weighted by Gasteiger charge is 2.19. The predicted molar refractivity (Wildman–Crippen MR) is 39.3 cm³/mol. The molecule has 0 saturated carbocycles. The van der Waals surface area contributed by atoms with Crippen molar-refractivity contribution in [3.63, 3.8) is 0 Å². The molecule has 0 unspecified atom stereocenters. The van der Waals surface area contributed by atoms with Crippen LogP contribution in [0.1, 0.15) is 12.8 Å². The van der Waals surface area contributed by atoms with Gasteiger partial charge in [0.2, 0.25) is 0 Å². The normalized spacial score (nSPS) is 25.7. The first-order chi connectivity index (χ1) is 5.18. The summed E-state index contributed by atoms with van der Waals surface area (Å²) in [6.45, 7) is 2.02. The molecule has 1 atom stereocenters. The summed E-state index contributed by atoms with van der Waals surface area (Å²) in [6, 6.07) is 0. The number of hydrogen-bond acceptors (Lipinski definition) is 3. The highest BCUT2D eigenvalue weighted by Crippen LogP contribution is 2.08. The van der Waals surface area contributed by atoms with Gasteiger partial charge in [-0.1, -0.05) is 0 Å². The molecule has 64 valence electrons. The number of carbonyl (C=O) groups is 1. The number of aliphatic hydroxyl groups excluding tert-OH is 1. The van der Waals surface area contributed by atoms with Gasteiger partial charge in [0.25, 0.3) is 0 Å². The summed E-state index contributed by atoms with van der Waals surface area (Å²) in [4.78, 5) is 12.1. The molecule has 0 aromatic heterocycles. The van der Waals surface area contributed by atoms with Gasteiger partial charge in [-0.05, 0) is 6.42 Å². The monoisotopic (exact) mass is 159 g/mol. The maximum absolute atomic E-state index is 10.1. The van der Waals surface area contributed by atoms with Crippen molar-refractivity contribution in [2.24, 2.45) is 0 Å². The minimum absolute atomic E-state index is 0.173. The first kappa shape index (κ1) is 8.49. The molecule has 1 aliphatic rings. The topological polar surface area (TPSA) is 60.8 Å². The fourth-order valence-corrected chi connectivity index (χ4v) is 1.27. The number of aliphatic hydroxyl groups is 1. The SMILES string of the molecule is O=C(O)CCN1CC[C@H](O)C1. The Labute approximate surface area is 65.4 Å². The summed E-state index contributed by atoms with van der Waals surface area (Å²) in [5.41, 5.74) is 0. The van der Waals surface area contributed by atoms with E-state index in [0.29, 0.717) is 13.1 Å². The van der Waals surface area contributed by atoms with Crippen molar-refractivity contribution >= 4 is 5.97 Å². The van der Waals surface area contributed by atoms with E-state index in [4.69, 9.17) is 10.2 Å². The van der Waals surface area contributed by atoms with Gasteiger partial charge >= 0.3 is 5.97 Å². The Bertz CT molecular complexity index is 149.